The minimum absolute atomic E-state index is 0.0702. The van der Waals surface area contributed by atoms with Gasteiger partial charge in [0, 0.05) is 11.6 Å². The van der Waals surface area contributed by atoms with Gasteiger partial charge in [-0.25, -0.2) is 0 Å². The normalized spacial score (nSPS) is 10.2. The third-order valence-corrected chi connectivity index (χ3v) is 3.18. The molecule has 0 unspecified atom stereocenters. The highest BCUT2D eigenvalue weighted by Crippen LogP contribution is 2.29. The van der Waals surface area contributed by atoms with Gasteiger partial charge in [0.15, 0.2) is 0 Å². The zero-order chi connectivity index (χ0) is 15.4. The standard InChI is InChI=1S/C15H17N3O3/c1-10-6-7-14(11(2)8-10)21-9-12-4-3-5-13(18(19)20)15(12)17-16/h3-8,17H,9,16H2,1-2H3. The highest BCUT2D eigenvalue weighted by molar-refractivity contribution is 5.65. The maximum absolute atomic E-state index is 11.0. The molecule has 0 atom stereocenters. The summed E-state index contributed by atoms with van der Waals surface area (Å²) < 4.78 is 5.74. The summed E-state index contributed by atoms with van der Waals surface area (Å²) >= 11 is 0. The first kappa shape index (κ1) is 14.8. The molecular weight excluding hydrogens is 270 g/mol. The average Bonchev–Trinajstić information content (AvgIpc) is 2.45. The predicted octanol–water partition coefficient (Wildman–Crippen LogP) is 3.08. The van der Waals surface area contributed by atoms with Crippen molar-refractivity contribution in [3.8, 4) is 5.75 Å². The number of rotatable bonds is 5. The van der Waals surface area contributed by atoms with E-state index in [0.29, 0.717) is 5.56 Å². The van der Waals surface area contributed by atoms with Gasteiger partial charge >= 0.3 is 0 Å². The molecule has 0 aliphatic carbocycles. The Kier molecular flexibility index (Phi) is 4.39. The molecule has 0 amide bonds. The summed E-state index contributed by atoms with van der Waals surface area (Å²) in [6.45, 7) is 4.16. The van der Waals surface area contributed by atoms with E-state index in [9.17, 15) is 10.1 Å². The van der Waals surface area contributed by atoms with Crippen LogP contribution in [-0.4, -0.2) is 4.92 Å². The minimum Gasteiger partial charge on any atom is -0.489 e. The first-order valence-corrected chi connectivity index (χ1v) is 6.46. The summed E-state index contributed by atoms with van der Waals surface area (Å²) in [4.78, 5) is 10.5. The van der Waals surface area contributed by atoms with Crippen molar-refractivity contribution in [2.24, 2.45) is 5.84 Å². The van der Waals surface area contributed by atoms with Crippen molar-refractivity contribution >= 4 is 11.4 Å². The molecule has 0 saturated heterocycles. The van der Waals surface area contributed by atoms with E-state index in [-0.39, 0.29) is 18.0 Å². The first-order valence-electron chi connectivity index (χ1n) is 6.46. The Bertz CT molecular complexity index is 671. The number of nitrogens with zero attached hydrogens (tertiary/aromatic N) is 1. The number of nitrogens with two attached hydrogens (primary N) is 1. The van der Waals surface area contributed by atoms with Gasteiger partial charge in [0.25, 0.3) is 5.69 Å². The van der Waals surface area contributed by atoms with Gasteiger partial charge in [-0.15, -0.1) is 0 Å². The van der Waals surface area contributed by atoms with Crippen LogP contribution in [-0.2, 0) is 6.61 Å². The monoisotopic (exact) mass is 287 g/mol. The van der Waals surface area contributed by atoms with Gasteiger partial charge in [-0.1, -0.05) is 29.8 Å². The van der Waals surface area contributed by atoms with Crippen molar-refractivity contribution in [1.82, 2.24) is 0 Å². The zero-order valence-corrected chi connectivity index (χ0v) is 11.9. The molecule has 2 aromatic carbocycles. The van der Waals surface area contributed by atoms with E-state index >= 15 is 0 Å². The summed E-state index contributed by atoms with van der Waals surface area (Å²) in [5.74, 6) is 6.14. The molecular formula is C15H17N3O3. The number of nitrogen functional groups attached to an aromatic ring is 1. The van der Waals surface area contributed by atoms with Crippen LogP contribution >= 0.6 is 0 Å². The van der Waals surface area contributed by atoms with E-state index in [1.165, 1.54) is 6.07 Å². The van der Waals surface area contributed by atoms with Crippen molar-refractivity contribution in [1.29, 1.82) is 0 Å². The van der Waals surface area contributed by atoms with E-state index in [2.05, 4.69) is 5.43 Å². The van der Waals surface area contributed by atoms with Crippen LogP contribution in [0.3, 0.4) is 0 Å². The molecule has 0 fully saturated rings. The summed E-state index contributed by atoms with van der Waals surface area (Å²) in [6.07, 6.45) is 0. The van der Waals surface area contributed by atoms with Crippen LogP contribution in [0.15, 0.2) is 36.4 Å². The molecule has 6 heteroatoms. The van der Waals surface area contributed by atoms with Crippen molar-refractivity contribution in [2.75, 3.05) is 5.43 Å². The Balaban J connectivity index is 2.24. The number of ether oxygens (including phenoxy) is 1. The molecule has 2 aromatic rings. The number of nitrogens with one attached hydrogen (secondary N) is 1. The van der Waals surface area contributed by atoms with Crippen LogP contribution in [0.2, 0.25) is 0 Å². The third-order valence-electron chi connectivity index (χ3n) is 3.18. The molecule has 0 aliphatic rings. The number of anilines is 1. The molecule has 3 N–H and O–H groups in total. The lowest BCUT2D eigenvalue weighted by atomic mass is 10.1. The molecule has 0 heterocycles. The molecule has 0 radical (unpaired) electrons. The number of benzene rings is 2. The molecule has 110 valence electrons. The van der Waals surface area contributed by atoms with Crippen LogP contribution in [0, 0.1) is 24.0 Å². The van der Waals surface area contributed by atoms with E-state index < -0.39 is 4.92 Å². The Morgan fingerprint density at radius 1 is 1.29 bits per heavy atom. The van der Waals surface area contributed by atoms with Gasteiger partial charge < -0.3 is 10.2 Å². The minimum atomic E-state index is -0.476. The van der Waals surface area contributed by atoms with Crippen LogP contribution in [0.25, 0.3) is 0 Å². The zero-order valence-electron chi connectivity index (χ0n) is 11.9. The molecule has 0 bridgehead atoms. The lowest BCUT2D eigenvalue weighted by Gasteiger charge is -2.12. The maximum atomic E-state index is 11.0. The van der Waals surface area contributed by atoms with Crippen molar-refractivity contribution in [3.05, 3.63) is 63.2 Å². The smallest absolute Gasteiger partial charge is 0.294 e. The van der Waals surface area contributed by atoms with Gasteiger partial charge in [0.1, 0.15) is 18.0 Å². The predicted molar refractivity (Wildman–Crippen MR) is 81.2 cm³/mol. The van der Waals surface area contributed by atoms with Gasteiger partial charge in [-0.3, -0.25) is 16.0 Å². The number of para-hydroxylation sites is 1. The summed E-state index contributed by atoms with van der Waals surface area (Å²) in [5, 5.41) is 11.0. The second-order valence-corrected chi connectivity index (χ2v) is 4.77. The van der Waals surface area contributed by atoms with Crippen LogP contribution in [0.1, 0.15) is 16.7 Å². The maximum Gasteiger partial charge on any atom is 0.294 e. The van der Waals surface area contributed by atoms with Gasteiger partial charge in [-0.2, -0.15) is 0 Å². The molecule has 0 aliphatic heterocycles. The van der Waals surface area contributed by atoms with E-state index in [0.717, 1.165) is 16.9 Å². The number of nitro benzene ring substituents is 1. The lowest BCUT2D eigenvalue weighted by Crippen LogP contribution is -2.12. The Hall–Kier alpha value is -2.60. The quantitative estimate of drug-likeness (QED) is 0.501. The fourth-order valence-electron chi connectivity index (χ4n) is 2.14. The number of nitro groups is 1. The highest BCUT2D eigenvalue weighted by Gasteiger charge is 2.16. The van der Waals surface area contributed by atoms with Crippen molar-refractivity contribution < 1.29 is 9.66 Å². The number of aryl methyl sites for hydroxylation is 2. The first-order chi connectivity index (χ1) is 10.0. The second kappa shape index (κ2) is 6.23. The van der Waals surface area contributed by atoms with Gasteiger partial charge in [0.05, 0.1) is 4.92 Å². The average molecular weight is 287 g/mol. The lowest BCUT2D eigenvalue weighted by molar-refractivity contribution is -0.384. The van der Waals surface area contributed by atoms with E-state index in [1.807, 2.05) is 32.0 Å². The Labute approximate surface area is 122 Å². The van der Waals surface area contributed by atoms with Gasteiger partial charge in [-0.05, 0) is 25.5 Å². The fraction of sp³-hybridized carbons (Fsp3) is 0.200. The molecule has 0 spiro atoms. The van der Waals surface area contributed by atoms with Crippen molar-refractivity contribution in [2.45, 2.75) is 20.5 Å². The van der Waals surface area contributed by atoms with Crippen LogP contribution < -0.4 is 16.0 Å². The van der Waals surface area contributed by atoms with E-state index in [1.54, 1.807) is 12.1 Å². The summed E-state index contributed by atoms with van der Waals surface area (Å²) in [5.41, 5.74) is 5.38. The van der Waals surface area contributed by atoms with Gasteiger partial charge in [0.2, 0.25) is 0 Å². The van der Waals surface area contributed by atoms with Crippen LogP contribution in [0.5, 0.6) is 5.75 Å². The molecule has 0 aromatic heterocycles. The third kappa shape index (κ3) is 3.29. The summed E-state index contributed by atoms with van der Waals surface area (Å²) in [7, 11) is 0. The molecule has 0 saturated carbocycles. The second-order valence-electron chi connectivity index (χ2n) is 4.77. The number of hydrogen-bond acceptors (Lipinski definition) is 5. The molecule has 2 rings (SSSR count). The van der Waals surface area contributed by atoms with Crippen LogP contribution in [0.4, 0.5) is 11.4 Å². The van der Waals surface area contributed by atoms with E-state index in [4.69, 9.17) is 10.6 Å². The number of hydrazine groups is 1. The molecule has 21 heavy (non-hydrogen) atoms. The fourth-order valence-corrected chi connectivity index (χ4v) is 2.14. The molecule has 6 nitrogen and oxygen atoms in total. The van der Waals surface area contributed by atoms with Crippen molar-refractivity contribution in [3.63, 3.8) is 0 Å². The highest BCUT2D eigenvalue weighted by atomic mass is 16.6. The SMILES string of the molecule is Cc1ccc(OCc2cccc([N+](=O)[O-])c2NN)c(C)c1. The largest absolute Gasteiger partial charge is 0.489 e. The Morgan fingerprint density at radius 3 is 2.67 bits per heavy atom. The number of hydrogen-bond donors (Lipinski definition) is 2. The topological polar surface area (TPSA) is 90.4 Å². The summed E-state index contributed by atoms with van der Waals surface area (Å²) in [6, 6.07) is 10.6. The Morgan fingerprint density at radius 2 is 2.05 bits per heavy atom.